The van der Waals surface area contributed by atoms with Crippen molar-refractivity contribution in [1.29, 1.82) is 0 Å². The van der Waals surface area contributed by atoms with Gasteiger partial charge in [0.05, 0.1) is 12.5 Å². The van der Waals surface area contributed by atoms with Crippen LogP contribution in [0.15, 0.2) is 53.5 Å². The lowest BCUT2D eigenvalue weighted by Crippen LogP contribution is -2.36. The Kier molecular flexibility index (Phi) is 6.71. The molecule has 0 radical (unpaired) electrons. The highest BCUT2D eigenvalue weighted by molar-refractivity contribution is 5.91. The van der Waals surface area contributed by atoms with Gasteiger partial charge in [-0.1, -0.05) is 6.07 Å². The number of aliphatic carboxylic acids is 1. The van der Waals surface area contributed by atoms with E-state index in [4.69, 9.17) is 0 Å². The van der Waals surface area contributed by atoms with Gasteiger partial charge in [0.2, 0.25) is 0 Å². The van der Waals surface area contributed by atoms with Crippen LogP contribution in [0.3, 0.4) is 0 Å². The van der Waals surface area contributed by atoms with Crippen LogP contribution in [0, 0.1) is 17.5 Å². The molecule has 2 amide bonds. The molecule has 0 saturated heterocycles. The number of anilines is 1. The van der Waals surface area contributed by atoms with E-state index in [9.17, 15) is 37.8 Å². The van der Waals surface area contributed by atoms with Gasteiger partial charge in [0.1, 0.15) is 23.2 Å². The number of urea groups is 1. The van der Waals surface area contributed by atoms with Crippen LogP contribution in [0.4, 0.5) is 23.7 Å². The first-order valence-corrected chi connectivity index (χ1v) is 9.49. The Hall–Kier alpha value is -4.28. The highest BCUT2D eigenvalue weighted by Gasteiger charge is 2.23. The van der Waals surface area contributed by atoms with Crippen LogP contribution in [-0.4, -0.2) is 26.8 Å². The minimum atomic E-state index is -1.43. The fraction of sp³-hybridized carbons (Fsp3) is 0.136. The number of rotatable bonds is 6. The normalized spacial score (nSPS) is 11.6. The minimum absolute atomic E-state index is 0.0612. The fourth-order valence-electron chi connectivity index (χ4n) is 3.16. The van der Waals surface area contributed by atoms with Gasteiger partial charge in [-0.25, -0.2) is 18.0 Å². The lowest BCUT2D eigenvalue weighted by atomic mass is 9.97. The van der Waals surface area contributed by atoms with Crippen molar-refractivity contribution in [3.8, 4) is 16.9 Å². The third-order valence-electron chi connectivity index (χ3n) is 4.78. The predicted molar refractivity (Wildman–Crippen MR) is 112 cm³/mol. The number of amides is 2. The van der Waals surface area contributed by atoms with E-state index in [1.54, 1.807) is 0 Å². The SMILES string of the molecule is Cn1ccc(O)c(NC(=O)NC(CC(=O)O)c2cc(-c3ccc(F)cc3F)ccc2F)c1=O. The molecule has 11 heteroatoms. The molecule has 0 bridgehead atoms. The molecule has 8 nitrogen and oxygen atoms in total. The molecule has 3 rings (SSSR count). The van der Waals surface area contributed by atoms with Crippen LogP contribution in [0.1, 0.15) is 18.0 Å². The van der Waals surface area contributed by atoms with E-state index in [1.807, 2.05) is 0 Å². The number of carbonyl (C=O) groups is 2. The van der Waals surface area contributed by atoms with Crippen molar-refractivity contribution in [2.45, 2.75) is 12.5 Å². The van der Waals surface area contributed by atoms with Crippen molar-refractivity contribution >= 4 is 17.7 Å². The number of carboxylic acid groups (broad SMARTS) is 1. The van der Waals surface area contributed by atoms with Crippen molar-refractivity contribution in [2.24, 2.45) is 7.05 Å². The van der Waals surface area contributed by atoms with E-state index >= 15 is 0 Å². The number of carbonyl (C=O) groups excluding carboxylic acids is 1. The summed E-state index contributed by atoms with van der Waals surface area (Å²) in [6.45, 7) is 0. The maximum Gasteiger partial charge on any atom is 0.319 e. The fourth-order valence-corrected chi connectivity index (χ4v) is 3.16. The quantitative estimate of drug-likeness (QED) is 0.448. The van der Waals surface area contributed by atoms with Crippen LogP contribution in [0.25, 0.3) is 11.1 Å². The third-order valence-corrected chi connectivity index (χ3v) is 4.78. The van der Waals surface area contributed by atoms with Gasteiger partial charge in [-0.2, -0.15) is 0 Å². The zero-order valence-corrected chi connectivity index (χ0v) is 17.1. The van der Waals surface area contributed by atoms with E-state index in [-0.39, 0.29) is 16.7 Å². The largest absolute Gasteiger partial charge is 0.505 e. The third kappa shape index (κ3) is 5.32. The maximum absolute atomic E-state index is 14.6. The first kappa shape index (κ1) is 23.4. The molecule has 0 aliphatic heterocycles. The van der Waals surface area contributed by atoms with E-state index in [0.717, 1.165) is 34.9 Å². The number of carboxylic acids is 1. The van der Waals surface area contributed by atoms with Gasteiger partial charge < -0.3 is 25.4 Å². The Balaban J connectivity index is 1.95. The second-order valence-corrected chi connectivity index (χ2v) is 7.10. The van der Waals surface area contributed by atoms with Gasteiger partial charge in [0.25, 0.3) is 5.56 Å². The van der Waals surface area contributed by atoms with Crippen molar-refractivity contribution in [2.75, 3.05) is 5.32 Å². The van der Waals surface area contributed by atoms with Crippen molar-refractivity contribution < 1.29 is 33.0 Å². The molecule has 3 aromatic rings. The van der Waals surface area contributed by atoms with Gasteiger partial charge in [-0.3, -0.25) is 9.59 Å². The smallest absolute Gasteiger partial charge is 0.319 e. The predicted octanol–water partition coefficient (Wildman–Crippen LogP) is 3.51. The molecular weight excluding hydrogens is 443 g/mol. The van der Waals surface area contributed by atoms with E-state index in [0.29, 0.717) is 6.07 Å². The Labute approximate surface area is 184 Å². The first-order chi connectivity index (χ1) is 15.6. The molecule has 1 aromatic heterocycles. The second-order valence-electron chi connectivity index (χ2n) is 7.10. The highest BCUT2D eigenvalue weighted by atomic mass is 19.1. The topological polar surface area (TPSA) is 121 Å². The molecule has 33 heavy (non-hydrogen) atoms. The standard InChI is InChI=1S/C22H18F3N3O5/c1-28-7-6-18(29)20(21(28)32)27-22(33)26-17(10-19(30)31)14-8-11(2-5-15(14)24)13-4-3-12(23)9-16(13)25/h2-9,17,29H,10H2,1H3,(H,30,31)(H2,26,27,33). The molecule has 4 N–H and O–H groups in total. The Morgan fingerprint density at radius 3 is 2.45 bits per heavy atom. The Morgan fingerprint density at radius 1 is 1.06 bits per heavy atom. The van der Waals surface area contributed by atoms with E-state index < -0.39 is 58.9 Å². The number of halogens is 3. The van der Waals surface area contributed by atoms with E-state index in [2.05, 4.69) is 10.6 Å². The van der Waals surface area contributed by atoms with Crippen LogP contribution >= 0.6 is 0 Å². The number of nitrogens with zero attached hydrogens (tertiary/aromatic N) is 1. The average Bonchev–Trinajstić information content (AvgIpc) is 2.74. The number of aryl methyl sites for hydroxylation is 1. The zero-order chi connectivity index (χ0) is 24.3. The summed E-state index contributed by atoms with van der Waals surface area (Å²) in [5.74, 6) is -4.51. The number of hydrogen-bond donors (Lipinski definition) is 4. The molecule has 1 atom stereocenters. The number of hydrogen-bond acceptors (Lipinski definition) is 4. The summed E-state index contributed by atoms with van der Waals surface area (Å²) in [6.07, 6.45) is 0.516. The molecule has 1 unspecified atom stereocenters. The number of aromatic hydroxyl groups is 1. The summed E-state index contributed by atoms with van der Waals surface area (Å²) < 4.78 is 43.1. The minimum Gasteiger partial charge on any atom is -0.505 e. The summed E-state index contributed by atoms with van der Waals surface area (Å²) in [7, 11) is 1.38. The summed E-state index contributed by atoms with van der Waals surface area (Å²) in [5.41, 5.74) is -1.42. The summed E-state index contributed by atoms with van der Waals surface area (Å²) in [5, 5.41) is 23.4. The molecule has 0 spiro atoms. The molecule has 0 saturated carbocycles. The average molecular weight is 461 g/mol. The number of pyridine rings is 1. The van der Waals surface area contributed by atoms with E-state index in [1.165, 1.54) is 19.3 Å². The summed E-state index contributed by atoms with van der Waals surface area (Å²) >= 11 is 0. The van der Waals surface area contributed by atoms with Crippen molar-refractivity contribution in [3.63, 3.8) is 0 Å². The molecule has 0 aliphatic rings. The maximum atomic E-state index is 14.6. The van der Waals surface area contributed by atoms with Crippen molar-refractivity contribution in [1.82, 2.24) is 9.88 Å². The zero-order valence-electron chi connectivity index (χ0n) is 17.1. The van der Waals surface area contributed by atoms with Crippen LogP contribution in [-0.2, 0) is 11.8 Å². The Morgan fingerprint density at radius 2 is 1.79 bits per heavy atom. The summed E-state index contributed by atoms with van der Waals surface area (Å²) in [4.78, 5) is 35.9. The van der Waals surface area contributed by atoms with Crippen LogP contribution < -0.4 is 16.2 Å². The molecular formula is C22H18F3N3O5. The van der Waals surface area contributed by atoms with Gasteiger partial charge >= 0.3 is 12.0 Å². The van der Waals surface area contributed by atoms with Crippen LogP contribution in [0.2, 0.25) is 0 Å². The second kappa shape index (κ2) is 9.47. The highest BCUT2D eigenvalue weighted by Crippen LogP contribution is 2.29. The molecule has 0 fully saturated rings. The monoisotopic (exact) mass is 461 g/mol. The van der Waals surface area contributed by atoms with Gasteiger partial charge in [0.15, 0.2) is 5.69 Å². The molecule has 0 aliphatic carbocycles. The van der Waals surface area contributed by atoms with Gasteiger partial charge in [-0.05, 0) is 35.9 Å². The summed E-state index contributed by atoms with van der Waals surface area (Å²) in [6, 6.07) is 4.75. The number of aromatic nitrogens is 1. The molecule has 1 heterocycles. The first-order valence-electron chi connectivity index (χ1n) is 9.49. The Bertz CT molecular complexity index is 1290. The number of benzene rings is 2. The van der Waals surface area contributed by atoms with Gasteiger partial charge in [0, 0.05) is 30.4 Å². The van der Waals surface area contributed by atoms with Crippen molar-refractivity contribution in [3.05, 3.63) is 82.0 Å². The number of nitrogens with one attached hydrogen (secondary N) is 2. The molecule has 2 aromatic carbocycles. The lowest BCUT2D eigenvalue weighted by Gasteiger charge is -2.20. The van der Waals surface area contributed by atoms with Gasteiger partial charge in [-0.15, -0.1) is 0 Å². The van der Waals surface area contributed by atoms with Crippen LogP contribution in [0.5, 0.6) is 5.75 Å². The molecule has 172 valence electrons. The lowest BCUT2D eigenvalue weighted by molar-refractivity contribution is -0.137.